The summed E-state index contributed by atoms with van der Waals surface area (Å²) in [6, 6.07) is 0. The highest BCUT2D eigenvalue weighted by Crippen LogP contribution is 2.30. The van der Waals surface area contributed by atoms with E-state index in [1.165, 1.54) is 7.11 Å². The number of carbonyl (C=O) groups is 2. The minimum absolute atomic E-state index is 0.0215. The summed E-state index contributed by atoms with van der Waals surface area (Å²) in [5.74, 6) is -1.06. The Balaban J connectivity index is 2.76. The number of hydrogen-bond donors (Lipinski definition) is 0. The fraction of sp³-hybridized carbons (Fsp3) is 0.556. The van der Waals surface area contributed by atoms with Crippen molar-refractivity contribution >= 4 is 11.8 Å². The Morgan fingerprint density at radius 3 is 2.92 bits per heavy atom. The first kappa shape index (κ1) is 8.97. The van der Waals surface area contributed by atoms with Crippen LogP contribution in [0.5, 0.6) is 0 Å². The van der Waals surface area contributed by atoms with Crippen molar-refractivity contribution < 1.29 is 14.3 Å². The van der Waals surface area contributed by atoms with Crippen LogP contribution < -0.4 is 0 Å². The van der Waals surface area contributed by atoms with Gasteiger partial charge in [-0.3, -0.25) is 9.59 Å². The van der Waals surface area contributed by atoms with Crippen molar-refractivity contribution in [3.63, 3.8) is 0 Å². The van der Waals surface area contributed by atoms with Crippen LogP contribution in [0.1, 0.15) is 12.8 Å². The fourth-order valence-corrected chi connectivity index (χ4v) is 1.56. The highest BCUT2D eigenvalue weighted by molar-refractivity contribution is 6.01. The van der Waals surface area contributed by atoms with Gasteiger partial charge in [-0.15, -0.1) is 6.58 Å². The SMILES string of the molecule is C=C[C@H]1CCC(=O)[C@@H]1C(=O)OC. The van der Waals surface area contributed by atoms with E-state index < -0.39 is 11.9 Å². The van der Waals surface area contributed by atoms with E-state index in [1.807, 2.05) is 0 Å². The molecule has 12 heavy (non-hydrogen) atoms. The van der Waals surface area contributed by atoms with Gasteiger partial charge in [0.15, 0.2) is 0 Å². The number of ketones is 1. The molecule has 66 valence electrons. The van der Waals surface area contributed by atoms with Crippen LogP contribution in [-0.4, -0.2) is 18.9 Å². The maximum Gasteiger partial charge on any atom is 0.316 e. The number of esters is 1. The van der Waals surface area contributed by atoms with Crippen LogP contribution >= 0.6 is 0 Å². The molecule has 0 saturated heterocycles. The van der Waals surface area contributed by atoms with Gasteiger partial charge in [0.2, 0.25) is 0 Å². The predicted molar refractivity (Wildman–Crippen MR) is 43.4 cm³/mol. The molecule has 0 N–H and O–H groups in total. The molecule has 0 unspecified atom stereocenters. The third-order valence-corrected chi connectivity index (χ3v) is 2.26. The second kappa shape index (κ2) is 3.52. The van der Waals surface area contributed by atoms with Gasteiger partial charge in [0.1, 0.15) is 11.7 Å². The number of allylic oxidation sites excluding steroid dienone is 1. The van der Waals surface area contributed by atoms with Crippen molar-refractivity contribution in [2.45, 2.75) is 12.8 Å². The van der Waals surface area contributed by atoms with Crippen LogP contribution in [0.2, 0.25) is 0 Å². The number of hydrogen-bond acceptors (Lipinski definition) is 3. The van der Waals surface area contributed by atoms with Gasteiger partial charge in [-0.1, -0.05) is 6.08 Å². The zero-order valence-corrected chi connectivity index (χ0v) is 7.08. The minimum Gasteiger partial charge on any atom is -0.468 e. The first-order chi connectivity index (χ1) is 5.70. The van der Waals surface area contributed by atoms with Gasteiger partial charge >= 0.3 is 5.97 Å². The molecule has 3 heteroatoms. The molecule has 0 aromatic rings. The molecule has 0 heterocycles. The molecule has 0 bridgehead atoms. The van der Waals surface area contributed by atoms with Crippen LogP contribution in [0.25, 0.3) is 0 Å². The molecule has 0 aliphatic heterocycles. The van der Waals surface area contributed by atoms with Crippen LogP contribution in [0.3, 0.4) is 0 Å². The monoisotopic (exact) mass is 168 g/mol. The third kappa shape index (κ3) is 1.40. The molecule has 2 atom stereocenters. The summed E-state index contributed by atoms with van der Waals surface area (Å²) >= 11 is 0. The van der Waals surface area contributed by atoms with E-state index in [1.54, 1.807) is 6.08 Å². The predicted octanol–water partition coefficient (Wildman–Crippen LogP) is 0.941. The minimum atomic E-state index is -0.590. The Morgan fingerprint density at radius 2 is 2.42 bits per heavy atom. The first-order valence-electron chi connectivity index (χ1n) is 3.93. The quantitative estimate of drug-likeness (QED) is 0.350. The second-order valence-corrected chi connectivity index (χ2v) is 2.91. The van der Waals surface area contributed by atoms with Gasteiger partial charge in [-0.25, -0.2) is 0 Å². The van der Waals surface area contributed by atoms with Crippen LogP contribution in [0.4, 0.5) is 0 Å². The summed E-state index contributed by atoms with van der Waals surface area (Å²) in [5, 5.41) is 0. The Kier molecular flexibility index (Phi) is 2.63. The summed E-state index contributed by atoms with van der Waals surface area (Å²) < 4.78 is 4.53. The molecule has 0 aromatic carbocycles. The molecule has 0 aromatic heterocycles. The highest BCUT2D eigenvalue weighted by atomic mass is 16.5. The summed E-state index contributed by atoms with van der Waals surface area (Å²) in [6.45, 7) is 3.58. The van der Waals surface area contributed by atoms with Crippen LogP contribution in [-0.2, 0) is 14.3 Å². The van der Waals surface area contributed by atoms with E-state index in [4.69, 9.17) is 0 Å². The summed E-state index contributed by atoms with van der Waals surface area (Å²) in [6.07, 6.45) is 2.85. The number of methoxy groups -OCH3 is 1. The van der Waals surface area contributed by atoms with Crippen molar-refractivity contribution in [3.05, 3.63) is 12.7 Å². The normalized spacial score (nSPS) is 28.6. The van der Waals surface area contributed by atoms with E-state index >= 15 is 0 Å². The summed E-state index contributed by atoms with van der Waals surface area (Å²) in [5.41, 5.74) is 0. The molecule has 0 spiro atoms. The van der Waals surface area contributed by atoms with Gasteiger partial charge < -0.3 is 4.74 Å². The maximum absolute atomic E-state index is 11.2. The lowest BCUT2D eigenvalue weighted by atomic mass is 9.96. The Bertz CT molecular complexity index is 220. The van der Waals surface area contributed by atoms with Gasteiger partial charge in [0.05, 0.1) is 7.11 Å². The van der Waals surface area contributed by atoms with Crippen molar-refractivity contribution in [1.29, 1.82) is 0 Å². The van der Waals surface area contributed by atoms with Gasteiger partial charge in [-0.2, -0.15) is 0 Å². The highest BCUT2D eigenvalue weighted by Gasteiger charge is 2.38. The largest absolute Gasteiger partial charge is 0.468 e. The second-order valence-electron chi connectivity index (χ2n) is 2.91. The van der Waals surface area contributed by atoms with Crippen molar-refractivity contribution in [3.8, 4) is 0 Å². The van der Waals surface area contributed by atoms with E-state index in [2.05, 4.69) is 11.3 Å². The van der Waals surface area contributed by atoms with E-state index in [0.717, 1.165) is 6.42 Å². The van der Waals surface area contributed by atoms with Gasteiger partial charge in [0, 0.05) is 6.42 Å². The number of carbonyl (C=O) groups excluding carboxylic acids is 2. The lowest BCUT2D eigenvalue weighted by Gasteiger charge is -2.10. The molecule has 0 amide bonds. The Hall–Kier alpha value is -1.12. The number of ether oxygens (including phenoxy) is 1. The Morgan fingerprint density at radius 1 is 1.75 bits per heavy atom. The third-order valence-electron chi connectivity index (χ3n) is 2.26. The van der Waals surface area contributed by atoms with Crippen molar-refractivity contribution in [2.75, 3.05) is 7.11 Å². The van der Waals surface area contributed by atoms with E-state index in [9.17, 15) is 9.59 Å². The average Bonchev–Trinajstić information content (AvgIpc) is 2.45. The molecular formula is C9H12O3. The topological polar surface area (TPSA) is 43.4 Å². The van der Waals surface area contributed by atoms with E-state index in [0.29, 0.717) is 6.42 Å². The van der Waals surface area contributed by atoms with Gasteiger partial charge in [-0.05, 0) is 12.3 Å². The van der Waals surface area contributed by atoms with Crippen LogP contribution in [0, 0.1) is 11.8 Å². The van der Waals surface area contributed by atoms with Crippen LogP contribution in [0.15, 0.2) is 12.7 Å². The summed E-state index contributed by atoms with van der Waals surface area (Å²) in [4.78, 5) is 22.3. The molecule has 1 saturated carbocycles. The standard InChI is InChI=1S/C9H12O3/c1-3-6-4-5-7(10)8(6)9(11)12-2/h3,6,8H,1,4-5H2,2H3/t6-,8+/m0/s1. The zero-order valence-electron chi connectivity index (χ0n) is 7.08. The molecular weight excluding hydrogens is 156 g/mol. The maximum atomic E-state index is 11.2. The first-order valence-corrected chi connectivity index (χ1v) is 3.93. The van der Waals surface area contributed by atoms with Gasteiger partial charge in [0.25, 0.3) is 0 Å². The number of Topliss-reactive ketones (excluding diaryl/α,β-unsaturated/α-hetero) is 1. The molecule has 1 fully saturated rings. The Labute approximate surface area is 71.4 Å². The summed E-state index contributed by atoms with van der Waals surface area (Å²) in [7, 11) is 1.30. The molecule has 1 aliphatic carbocycles. The molecule has 1 rings (SSSR count). The molecule has 1 aliphatic rings. The lowest BCUT2D eigenvalue weighted by molar-refractivity contribution is -0.149. The lowest BCUT2D eigenvalue weighted by Crippen LogP contribution is -2.24. The molecule has 3 nitrogen and oxygen atoms in total. The van der Waals surface area contributed by atoms with E-state index in [-0.39, 0.29) is 11.7 Å². The average molecular weight is 168 g/mol. The smallest absolute Gasteiger partial charge is 0.316 e. The molecule has 0 radical (unpaired) electrons. The number of rotatable bonds is 2. The fourth-order valence-electron chi connectivity index (χ4n) is 1.56. The van der Waals surface area contributed by atoms with Crippen molar-refractivity contribution in [1.82, 2.24) is 0 Å². The van der Waals surface area contributed by atoms with Crippen molar-refractivity contribution in [2.24, 2.45) is 11.8 Å². The zero-order chi connectivity index (χ0) is 9.14.